The molecule has 0 aromatic heterocycles. The third-order valence-corrected chi connectivity index (χ3v) is 6.04. The zero-order valence-electron chi connectivity index (χ0n) is 12.5. The van der Waals surface area contributed by atoms with Crippen LogP contribution in [-0.2, 0) is 0 Å². The van der Waals surface area contributed by atoms with Crippen LogP contribution in [0.3, 0.4) is 0 Å². The van der Waals surface area contributed by atoms with Crippen molar-refractivity contribution < 1.29 is 8.78 Å². The predicted octanol–water partition coefficient (Wildman–Crippen LogP) is 6.38. The molecule has 1 fully saturated rings. The molecule has 3 aliphatic rings. The average Bonchev–Trinajstić information content (AvgIpc) is 2.51. The molecule has 0 amide bonds. The van der Waals surface area contributed by atoms with Crippen LogP contribution >= 0.6 is 23.2 Å². The smallest absolute Gasteiger partial charge is 0.150 e. The second-order valence-corrected chi connectivity index (χ2v) is 7.33. The number of allylic oxidation sites excluding steroid dienone is 2. The van der Waals surface area contributed by atoms with Crippen molar-refractivity contribution in [3.8, 4) is 11.8 Å². The first-order valence-electron chi connectivity index (χ1n) is 7.33. The van der Waals surface area contributed by atoms with Gasteiger partial charge in [-0.05, 0) is 44.2 Å². The zero-order valence-corrected chi connectivity index (χ0v) is 14.0. The highest BCUT2D eigenvalue weighted by molar-refractivity contribution is 6.43. The Labute approximate surface area is 139 Å². The number of hydrogen-bond acceptors (Lipinski definition) is 0. The van der Waals surface area contributed by atoms with Crippen molar-refractivity contribution in [2.24, 2.45) is 10.8 Å². The topological polar surface area (TPSA) is 0 Å². The Hall–Kier alpha value is -1.04. The van der Waals surface area contributed by atoms with Crippen LogP contribution in [-0.4, -0.2) is 0 Å². The highest BCUT2D eigenvalue weighted by Gasteiger charge is 2.52. The quantitative estimate of drug-likeness (QED) is 0.480. The minimum Gasteiger partial charge on any atom is -0.208 e. The Kier molecular flexibility index (Phi) is 3.78. The normalized spacial score (nSPS) is 30.3. The van der Waals surface area contributed by atoms with Crippen molar-refractivity contribution in [2.45, 2.75) is 39.5 Å². The van der Waals surface area contributed by atoms with Gasteiger partial charge in [0, 0.05) is 11.0 Å². The first-order valence-corrected chi connectivity index (χ1v) is 8.09. The minimum atomic E-state index is -0.997. The molecule has 2 bridgehead atoms. The molecule has 1 aromatic rings. The predicted molar refractivity (Wildman–Crippen MR) is 86.3 cm³/mol. The van der Waals surface area contributed by atoms with Crippen LogP contribution in [0.2, 0.25) is 10.0 Å². The van der Waals surface area contributed by atoms with E-state index >= 15 is 0 Å². The SMILES string of the molecule is Cc1ccc(C#CC23CCC(C)(CC2)C(F)=C3F)c(Cl)c1Cl. The largest absolute Gasteiger partial charge is 0.208 e. The lowest BCUT2D eigenvalue weighted by molar-refractivity contribution is 0.0927. The van der Waals surface area contributed by atoms with Gasteiger partial charge >= 0.3 is 0 Å². The summed E-state index contributed by atoms with van der Waals surface area (Å²) in [6.45, 7) is 3.64. The Morgan fingerprint density at radius 3 is 2.27 bits per heavy atom. The van der Waals surface area contributed by atoms with Crippen molar-refractivity contribution in [3.63, 3.8) is 0 Å². The van der Waals surface area contributed by atoms with Crippen LogP contribution in [0, 0.1) is 29.6 Å². The van der Waals surface area contributed by atoms with E-state index in [4.69, 9.17) is 23.2 Å². The molecule has 0 N–H and O–H groups in total. The van der Waals surface area contributed by atoms with Gasteiger partial charge < -0.3 is 0 Å². The molecule has 0 heterocycles. The van der Waals surface area contributed by atoms with Crippen molar-refractivity contribution in [1.82, 2.24) is 0 Å². The van der Waals surface area contributed by atoms with E-state index in [1.54, 1.807) is 13.0 Å². The van der Waals surface area contributed by atoms with E-state index in [1.807, 2.05) is 13.0 Å². The summed E-state index contributed by atoms with van der Waals surface area (Å²) in [5, 5.41) is 0.819. The summed E-state index contributed by atoms with van der Waals surface area (Å²) in [5.74, 6) is 4.58. The number of aryl methyl sites for hydroxylation is 1. The van der Waals surface area contributed by atoms with Gasteiger partial charge in [0.2, 0.25) is 0 Å². The molecule has 0 aliphatic heterocycles. The first-order chi connectivity index (χ1) is 10.3. The van der Waals surface area contributed by atoms with Gasteiger partial charge in [-0.3, -0.25) is 0 Å². The van der Waals surface area contributed by atoms with Gasteiger partial charge in [-0.15, -0.1) is 0 Å². The molecule has 1 saturated carbocycles. The van der Waals surface area contributed by atoms with Crippen LogP contribution in [0.15, 0.2) is 23.8 Å². The molecule has 0 saturated heterocycles. The molecule has 0 nitrogen and oxygen atoms in total. The Morgan fingerprint density at radius 1 is 1.00 bits per heavy atom. The molecule has 22 heavy (non-hydrogen) atoms. The highest BCUT2D eigenvalue weighted by Crippen LogP contribution is 2.60. The number of rotatable bonds is 0. The molecule has 116 valence electrons. The van der Waals surface area contributed by atoms with Crippen molar-refractivity contribution in [3.05, 3.63) is 45.0 Å². The molecular weight excluding hydrogens is 325 g/mol. The van der Waals surface area contributed by atoms with Gasteiger partial charge in [-0.1, -0.05) is 48.0 Å². The lowest BCUT2D eigenvalue weighted by Crippen LogP contribution is -2.39. The third-order valence-electron chi connectivity index (χ3n) is 5.06. The van der Waals surface area contributed by atoms with Gasteiger partial charge in [0.05, 0.1) is 15.5 Å². The maximum Gasteiger partial charge on any atom is 0.150 e. The van der Waals surface area contributed by atoms with Crippen LogP contribution < -0.4 is 0 Å². The van der Waals surface area contributed by atoms with E-state index in [1.165, 1.54) is 0 Å². The monoisotopic (exact) mass is 340 g/mol. The van der Waals surface area contributed by atoms with E-state index in [2.05, 4.69) is 11.8 Å². The minimum absolute atomic E-state index is 0.367. The van der Waals surface area contributed by atoms with Gasteiger partial charge in [0.25, 0.3) is 0 Å². The average molecular weight is 341 g/mol. The van der Waals surface area contributed by atoms with Crippen molar-refractivity contribution in [2.75, 3.05) is 0 Å². The van der Waals surface area contributed by atoms with Crippen LogP contribution in [0.4, 0.5) is 8.78 Å². The number of hydrogen-bond donors (Lipinski definition) is 0. The lowest BCUT2D eigenvalue weighted by atomic mass is 9.58. The van der Waals surface area contributed by atoms with Gasteiger partial charge in [-0.2, -0.15) is 0 Å². The fraction of sp³-hybridized carbons (Fsp3) is 0.444. The molecular formula is C18H16Cl2F2. The molecule has 0 spiro atoms. The molecule has 1 aromatic carbocycles. The Balaban J connectivity index is 2.04. The maximum absolute atomic E-state index is 14.5. The maximum atomic E-state index is 14.5. The van der Waals surface area contributed by atoms with Crippen molar-refractivity contribution in [1.29, 1.82) is 0 Å². The summed E-state index contributed by atoms with van der Waals surface area (Å²) in [5.41, 5.74) is -0.224. The van der Waals surface area contributed by atoms with Gasteiger partial charge in [0.1, 0.15) is 11.7 Å². The molecule has 4 rings (SSSR count). The summed E-state index contributed by atoms with van der Waals surface area (Å²) >= 11 is 12.3. The van der Waals surface area contributed by atoms with E-state index in [-0.39, 0.29) is 0 Å². The van der Waals surface area contributed by atoms with E-state index in [9.17, 15) is 8.78 Å². The second kappa shape index (κ2) is 5.25. The van der Waals surface area contributed by atoms with E-state index < -0.39 is 22.5 Å². The van der Waals surface area contributed by atoms with Crippen LogP contribution in [0.1, 0.15) is 43.7 Å². The lowest BCUT2D eigenvalue weighted by Gasteiger charge is -2.46. The van der Waals surface area contributed by atoms with E-state index in [0.29, 0.717) is 41.3 Å². The summed E-state index contributed by atoms with van der Waals surface area (Å²) in [7, 11) is 0. The second-order valence-electron chi connectivity index (χ2n) is 6.58. The van der Waals surface area contributed by atoms with Crippen LogP contribution in [0.5, 0.6) is 0 Å². The molecule has 4 heteroatoms. The summed E-state index contributed by atoms with van der Waals surface area (Å²) in [4.78, 5) is 0. The van der Waals surface area contributed by atoms with Crippen LogP contribution in [0.25, 0.3) is 0 Å². The number of halogens is 4. The van der Waals surface area contributed by atoms with Gasteiger partial charge in [-0.25, -0.2) is 8.78 Å². The van der Waals surface area contributed by atoms with Crippen molar-refractivity contribution >= 4 is 23.2 Å². The highest BCUT2D eigenvalue weighted by atomic mass is 35.5. The number of benzene rings is 1. The summed E-state index contributed by atoms with van der Waals surface area (Å²) in [6, 6.07) is 3.59. The Bertz CT molecular complexity index is 729. The summed E-state index contributed by atoms with van der Waals surface area (Å²) < 4.78 is 28.7. The molecule has 3 aliphatic carbocycles. The van der Waals surface area contributed by atoms with Gasteiger partial charge in [0.15, 0.2) is 0 Å². The fourth-order valence-electron chi connectivity index (χ4n) is 3.25. The number of fused-ring (bicyclic) bond motifs is 2. The molecule has 0 atom stereocenters. The summed E-state index contributed by atoms with van der Waals surface area (Å²) in [6.07, 6.45) is 2.35. The Morgan fingerprint density at radius 2 is 1.64 bits per heavy atom. The molecule has 0 radical (unpaired) electrons. The third kappa shape index (κ3) is 2.27. The van der Waals surface area contributed by atoms with E-state index in [0.717, 1.165) is 5.56 Å². The fourth-order valence-corrected chi connectivity index (χ4v) is 3.68. The first kappa shape index (κ1) is 15.8. The standard InChI is InChI=1S/C18H16Cl2F2/c1-11-3-4-12(14(20)13(11)19)5-6-18-9-7-17(2,8-10-18)15(21)16(18)22/h3-4H,7-10H2,1-2H3. The molecule has 0 unspecified atom stereocenters. The zero-order chi connectivity index (χ0) is 16.1.